The van der Waals surface area contributed by atoms with Gasteiger partial charge in [0.2, 0.25) is 0 Å². The predicted molar refractivity (Wildman–Crippen MR) is 91.4 cm³/mol. The molecule has 23 heavy (non-hydrogen) atoms. The Morgan fingerprint density at radius 1 is 1.30 bits per heavy atom. The third kappa shape index (κ3) is 3.83. The normalized spacial score (nSPS) is 11.3. The molecule has 0 spiro atoms. The number of benzene rings is 1. The molecule has 6 heteroatoms. The Morgan fingerprint density at radius 2 is 2.17 bits per heavy atom. The molecule has 0 aliphatic rings. The molecule has 0 aliphatic heterocycles. The van der Waals surface area contributed by atoms with Gasteiger partial charge in [0.15, 0.2) is 5.82 Å². The number of fused-ring (bicyclic) bond motifs is 1. The zero-order valence-electron chi connectivity index (χ0n) is 13.0. The van der Waals surface area contributed by atoms with Crippen LogP contribution < -0.4 is 10.1 Å². The Labute approximate surface area is 138 Å². The van der Waals surface area contributed by atoms with Crippen LogP contribution in [0.5, 0.6) is 5.75 Å². The van der Waals surface area contributed by atoms with E-state index in [4.69, 9.17) is 4.74 Å². The summed E-state index contributed by atoms with van der Waals surface area (Å²) in [5, 5.41) is 4.33. The van der Waals surface area contributed by atoms with Crippen LogP contribution in [0, 0.1) is 5.82 Å². The quantitative estimate of drug-likeness (QED) is 0.697. The average molecular weight is 331 g/mol. The maximum absolute atomic E-state index is 13.8. The molecule has 0 atom stereocenters. The Balaban J connectivity index is 1.77. The lowest BCUT2D eigenvalue weighted by atomic mass is 10.2. The van der Waals surface area contributed by atoms with Crippen molar-refractivity contribution in [3.05, 3.63) is 42.6 Å². The van der Waals surface area contributed by atoms with Crippen LogP contribution in [0.25, 0.3) is 20.7 Å². The van der Waals surface area contributed by atoms with Gasteiger partial charge in [-0.05, 0) is 29.7 Å². The van der Waals surface area contributed by atoms with Crippen LogP contribution >= 0.6 is 11.3 Å². The Hall–Kier alpha value is -2.05. The van der Waals surface area contributed by atoms with E-state index in [-0.39, 0.29) is 0 Å². The van der Waals surface area contributed by atoms with Gasteiger partial charge < -0.3 is 10.1 Å². The van der Waals surface area contributed by atoms with Gasteiger partial charge in [-0.25, -0.2) is 14.4 Å². The number of ether oxygens (including phenoxy) is 1. The number of hydrogen-bond donors (Lipinski definition) is 1. The van der Waals surface area contributed by atoms with Crippen molar-refractivity contribution in [2.45, 2.75) is 19.9 Å². The summed E-state index contributed by atoms with van der Waals surface area (Å²) in [6.07, 6.45) is 2.54. The second-order valence-electron chi connectivity index (χ2n) is 5.49. The van der Waals surface area contributed by atoms with Crippen molar-refractivity contribution >= 4 is 21.4 Å². The van der Waals surface area contributed by atoms with Crippen LogP contribution in [0.3, 0.4) is 0 Å². The molecule has 4 nitrogen and oxygen atoms in total. The fourth-order valence-electron chi connectivity index (χ4n) is 2.24. The molecule has 2 heterocycles. The predicted octanol–water partition coefficient (Wildman–Crippen LogP) is 3.87. The Morgan fingerprint density at radius 3 is 2.96 bits per heavy atom. The smallest absolute Gasteiger partial charge is 0.168 e. The molecule has 3 rings (SSSR count). The Kier molecular flexibility index (Phi) is 4.83. The third-order valence-electron chi connectivity index (χ3n) is 3.31. The minimum absolute atomic E-state index is 0.338. The highest BCUT2D eigenvalue weighted by Gasteiger charge is 2.11. The first-order valence-electron chi connectivity index (χ1n) is 7.49. The van der Waals surface area contributed by atoms with E-state index in [1.54, 1.807) is 0 Å². The first kappa shape index (κ1) is 15.8. The zero-order chi connectivity index (χ0) is 16.2. The van der Waals surface area contributed by atoms with Crippen molar-refractivity contribution in [2.24, 2.45) is 0 Å². The number of thiophene rings is 1. The summed E-state index contributed by atoms with van der Waals surface area (Å²) in [7, 11) is 0. The summed E-state index contributed by atoms with van der Waals surface area (Å²) in [4.78, 5) is 8.50. The van der Waals surface area contributed by atoms with Crippen molar-refractivity contribution in [2.75, 3.05) is 13.2 Å². The van der Waals surface area contributed by atoms with Gasteiger partial charge >= 0.3 is 0 Å². The number of aromatic nitrogens is 2. The highest BCUT2D eigenvalue weighted by atomic mass is 32.1. The third-order valence-corrected chi connectivity index (χ3v) is 4.43. The van der Waals surface area contributed by atoms with Crippen molar-refractivity contribution in [1.29, 1.82) is 0 Å². The second kappa shape index (κ2) is 7.02. The molecule has 0 unspecified atom stereocenters. The van der Waals surface area contributed by atoms with Crippen molar-refractivity contribution < 1.29 is 9.13 Å². The maximum atomic E-state index is 13.8. The van der Waals surface area contributed by atoms with E-state index in [9.17, 15) is 4.39 Å². The molecule has 3 aromatic rings. The van der Waals surface area contributed by atoms with E-state index in [1.807, 2.05) is 24.3 Å². The molecule has 0 radical (unpaired) electrons. The number of hydrogen-bond acceptors (Lipinski definition) is 5. The summed E-state index contributed by atoms with van der Waals surface area (Å²) in [5.74, 6) is 0.408. The van der Waals surface area contributed by atoms with Gasteiger partial charge in [0.05, 0.1) is 11.1 Å². The van der Waals surface area contributed by atoms with Crippen molar-refractivity contribution in [3.63, 3.8) is 0 Å². The topological polar surface area (TPSA) is 47.0 Å². The molecular formula is C17H18FN3OS. The van der Waals surface area contributed by atoms with Crippen LogP contribution in [0.2, 0.25) is 0 Å². The van der Waals surface area contributed by atoms with Crippen LogP contribution in [-0.4, -0.2) is 29.2 Å². The maximum Gasteiger partial charge on any atom is 0.168 e. The molecule has 0 fully saturated rings. The first-order chi connectivity index (χ1) is 11.1. The van der Waals surface area contributed by atoms with E-state index >= 15 is 0 Å². The van der Waals surface area contributed by atoms with E-state index in [0.717, 1.165) is 27.3 Å². The molecule has 0 amide bonds. The van der Waals surface area contributed by atoms with Gasteiger partial charge in [0.25, 0.3) is 0 Å². The monoisotopic (exact) mass is 331 g/mol. The van der Waals surface area contributed by atoms with Crippen molar-refractivity contribution in [1.82, 2.24) is 15.3 Å². The van der Waals surface area contributed by atoms with Crippen LogP contribution in [-0.2, 0) is 0 Å². The molecule has 0 aliphatic carbocycles. The molecule has 0 saturated heterocycles. The lowest BCUT2D eigenvalue weighted by Crippen LogP contribution is -2.27. The highest BCUT2D eigenvalue weighted by Crippen LogP contribution is 2.35. The van der Waals surface area contributed by atoms with E-state index < -0.39 is 5.82 Å². The SMILES string of the molecule is CC(C)NCCOc1ccc2sc(-c3ncncc3F)cc2c1. The molecule has 120 valence electrons. The highest BCUT2D eigenvalue weighted by molar-refractivity contribution is 7.22. The standard InChI is InChI=1S/C17H18FN3OS/c1-11(2)20-5-6-22-13-3-4-15-12(7-13)8-16(23-15)17-14(18)9-19-10-21-17/h3-4,7-11,20H,5-6H2,1-2H3. The van der Waals surface area contributed by atoms with Gasteiger partial charge in [0, 0.05) is 17.3 Å². The first-order valence-corrected chi connectivity index (χ1v) is 8.31. The van der Waals surface area contributed by atoms with Gasteiger partial charge in [-0.15, -0.1) is 11.3 Å². The van der Waals surface area contributed by atoms with Gasteiger partial charge in [-0.3, -0.25) is 0 Å². The fraction of sp³-hybridized carbons (Fsp3) is 0.294. The number of nitrogens with one attached hydrogen (secondary N) is 1. The van der Waals surface area contributed by atoms with E-state index in [2.05, 4.69) is 29.1 Å². The summed E-state index contributed by atoms with van der Waals surface area (Å²) in [6.45, 7) is 5.62. The summed E-state index contributed by atoms with van der Waals surface area (Å²) in [6, 6.07) is 8.29. The largest absolute Gasteiger partial charge is 0.492 e. The number of nitrogens with zero attached hydrogens (tertiary/aromatic N) is 2. The molecular weight excluding hydrogens is 313 g/mol. The summed E-state index contributed by atoms with van der Waals surface area (Å²) in [5.41, 5.74) is 0.338. The van der Waals surface area contributed by atoms with Crippen molar-refractivity contribution in [3.8, 4) is 16.3 Å². The second-order valence-corrected chi connectivity index (χ2v) is 6.57. The average Bonchev–Trinajstić information content (AvgIpc) is 2.94. The lowest BCUT2D eigenvalue weighted by molar-refractivity contribution is 0.309. The van der Waals surface area contributed by atoms with Gasteiger partial charge in [-0.2, -0.15) is 0 Å². The molecule has 1 aromatic carbocycles. The van der Waals surface area contributed by atoms with E-state index in [0.29, 0.717) is 18.3 Å². The minimum atomic E-state index is -0.407. The summed E-state index contributed by atoms with van der Waals surface area (Å²) >= 11 is 1.51. The zero-order valence-corrected chi connectivity index (χ0v) is 13.9. The molecule has 2 aromatic heterocycles. The van der Waals surface area contributed by atoms with E-state index in [1.165, 1.54) is 23.9 Å². The van der Waals surface area contributed by atoms with Crippen LogP contribution in [0.15, 0.2) is 36.8 Å². The number of halogens is 1. The van der Waals surface area contributed by atoms with Gasteiger partial charge in [0.1, 0.15) is 24.4 Å². The summed E-state index contributed by atoms with van der Waals surface area (Å²) < 4.78 is 20.6. The molecule has 1 N–H and O–H groups in total. The molecule has 0 saturated carbocycles. The van der Waals surface area contributed by atoms with Crippen LogP contribution in [0.4, 0.5) is 4.39 Å². The lowest BCUT2D eigenvalue weighted by Gasteiger charge is -2.09. The Bertz CT molecular complexity index is 803. The van der Waals surface area contributed by atoms with Gasteiger partial charge in [-0.1, -0.05) is 13.8 Å². The molecule has 0 bridgehead atoms. The fourth-order valence-corrected chi connectivity index (χ4v) is 3.28. The van der Waals surface area contributed by atoms with Crippen LogP contribution in [0.1, 0.15) is 13.8 Å². The number of rotatable bonds is 6. The minimum Gasteiger partial charge on any atom is -0.492 e.